The Labute approximate surface area is 201 Å². The maximum Gasteiger partial charge on any atom is 0.216 e. The third-order valence-electron chi connectivity index (χ3n) is 7.92. The predicted octanol–water partition coefficient (Wildman–Crippen LogP) is 1.81. The first kappa shape index (κ1) is 22.9. The van der Waals surface area contributed by atoms with Gasteiger partial charge >= 0.3 is 0 Å². The number of aliphatic hydroxyl groups is 1. The number of ketones is 1. The van der Waals surface area contributed by atoms with Crippen LogP contribution >= 0.6 is 0 Å². The quantitative estimate of drug-likeness (QED) is 0.421. The molecule has 0 unspecified atom stereocenters. The summed E-state index contributed by atoms with van der Waals surface area (Å²) >= 11 is 0. The number of piperidine rings is 3. The van der Waals surface area contributed by atoms with E-state index in [1.54, 1.807) is 0 Å². The summed E-state index contributed by atoms with van der Waals surface area (Å²) < 4.78 is 0.856. The van der Waals surface area contributed by atoms with Crippen molar-refractivity contribution in [3.05, 3.63) is 108 Å². The van der Waals surface area contributed by atoms with E-state index < -0.39 is 5.60 Å². The Morgan fingerprint density at radius 3 is 1.59 bits per heavy atom. The first-order valence-electron chi connectivity index (χ1n) is 11.3. The summed E-state index contributed by atoms with van der Waals surface area (Å²) in [6, 6.07) is 30.0. The molecule has 3 heterocycles. The molecule has 0 aliphatic carbocycles. The van der Waals surface area contributed by atoms with Gasteiger partial charge in [-0.2, -0.15) is 0 Å². The Kier molecular flexibility index (Phi) is 6.39. The molecule has 166 valence electrons. The van der Waals surface area contributed by atoms with Gasteiger partial charge in [-0.25, -0.2) is 0 Å². The third-order valence-corrected chi connectivity index (χ3v) is 7.92. The Hall–Kier alpha value is -2.27. The van der Waals surface area contributed by atoms with Gasteiger partial charge < -0.3 is 26.6 Å². The molecule has 3 fully saturated rings. The molecule has 3 aromatic rings. The first-order chi connectivity index (χ1) is 15.1. The summed E-state index contributed by atoms with van der Waals surface area (Å²) in [5, 5.41) is 12.4. The Balaban J connectivity index is 0.00000245. The van der Waals surface area contributed by atoms with Gasteiger partial charge in [0.15, 0.2) is 0 Å². The zero-order chi connectivity index (χ0) is 21.4. The Morgan fingerprint density at radius 2 is 1.16 bits per heavy atom. The predicted molar refractivity (Wildman–Crippen MR) is 123 cm³/mol. The fraction of sp³-hybridized carbons (Fsp3) is 0.321. The van der Waals surface area contributed by atoms with Gasteiger partial charge in [-0.05, 0) is 11.1 Å². The van der Waals surface area contributed by atoms with Crippen molar-refractivity contribution in [3.63, 3.8) is 0 Å². The second-order valence-corrected chi connectivity index (χ2v) is 9.43. The summed E-state index contributed by atoms with van der Waals surface area (Å²) in [5.74, 6) is 0.233. The molecule has 3 aliphatic heterocycles. The molecular weight excluding hydrogens is 462 g/mol. The highest BCUT2D eigenvalue weighted by Crippen LogP contribution is 2.57. The number of carbonyl (C=O) groups is 1. The lowest BCUT2D eigenvalue weighted by Crippen LogP contribution is -3.00. The zero-order valence-corrected chi connectivity index (χ0v) is 19.9. The molecule has 0 spiro atoms. The van der Waals surface area contributed by atoms with Crippen molar-refractivity contribution in [2.75, 3.05) is 26.2 Å². The van der Waals surface area contributed by atoms with Crippen LogP contribution in [0.5, 0.6) is 0 Å². The van der Waals surface area contributed by atoms with Crippen LogP contribution in [0.4, 0.5) is 0 Å². The number of quaternary nitrogens is 1. The number of hydrogen-bond donors (Lipinski definition) is 1. The lowest BCUT2D eigenvalue weighted by molar-refractivity contribution is -0.938. The van der Waals surface area contributed by atoms with E-state index in [-0.39, 0.29) is 28.2 Å². The standard InChI is InChI=1S/C28H30NO2.BrH/c30-26(23-10-4-1-5-11-23)22-29-19-16-27(17-20-29,18-21-29)28(31,24-12-6-2-7-13-24)25-14-8-3-9-15-25;/h1-15,31H,16-22H2;1H/q+1;/p-1. The van der Waals surface area contributed by atoms with Gasteiger partial charge in [-0.15, -0.1) is 0 Å². The maximum absolute atomic E-state index is 12.9. The summed E-state index contributed by atoms with van der Waals surface area (Å²) in [6.07, 6.45) is 2.78. The van der Waals surface area contributed by atoms with E-state index in [0.717, 1.165) is 60.1 Å². The third kappa shape index (κ3) is 3.75. The minimum atomic E-state index is -1.02. The molecule has 0 saturated carbocycles. The fourth-order valence-electron chi connectivity index (χ4n) is 6.00. The SMILES string of the molecule is O=C(C[N+]12CCC(C(O)(c3ccccc3)c3ccccc3)(CC1)CC2)c1ccccc1.[Br-]. The van der Waals surface area contributed by atoms with E-state index in [0.29, 0.717) is 6.54 Å². The highest BCUT2D eigenvalue weighted by Gasteiger charge is 2.60. The van der Waals surface area contributed by atoms with Gasteiger partial charge in [-0.3, -0.25) is 4.79 Å². The van der Waals surface area contributed by atoms with Gasteiger partial charge in [0.25, 0.3) is 0 Å². The number of nitrogens with zero attached hydrogens (tertiary/aromatic N) is 1. The molecule has 3 nitrogen and oxygen atoms in total. The van der Waals surface area contributed by atoms with Crippen molar-refractivity contribution in [2.24, 2.45) is 5.41 Å². The Morgan fingerprint density at radius 1 is 0.750 bits per heavy atom. The molecular formula is C28H30BrNO2. The van der Waals surface area contributed by atoms with E-state index in [4.69, 9.17) is 0 Å². The fourth-order valence-corrected chi connectivity index (χ4v) is 6.00. The molecule has 3 aromatic carbocycles. The molecule has 0 amide bonds. The summed E-state index contributed by atoms with van der Waals surface area (Å²) in [6.45, 7) is 3.40. The molecule has 4 heteroatoms. The van der Waals surface area contributed by atoms with Crippen LogP contribution in [0.1, 0.15) is 40.7 Å². The van der Waals surface area contributed by atoms with Crippen LogP contribution in [0, 0.1) is 5.41 Å². The summed E-state index contributed by atoms with van der Waals surface area (Å²) in [4.78, 5) is 12.9. The van der Waals surface area contributed by atoms with Crippen molar-refractivity contribution in [3.8, 4) is 0 Å². The number of Topliss-reactive ketones (excluding diaryl/α,β-unsaturated/α-hetero) is 1. The van der Waals surface area contributed by atoms with Crippen LogP contribution in [0.3, 0.4) is 0 Å². The van der Waals surface area contributed by atoms with Gasteiger partial charge in [-0.1, -0.05) is 91.0 Å². The van der Waals surface area contributed by atoms with E-state index in [1.807, 2.05) is 66.7 Å². The van der Waals surface area contributed by atoms with Gasteiger partial charge in [0, 0.05) is 30.2 Å². The highest BCUT2D eigenvalue weighted by atomic mass is 79.9. The molecule has 0 atom stereocenters. The van der Waals surface area contributed by atoms with Gasteiger partial charge in [0.2, 0.25) is 5.78 Å². The van der Waals surface area contributed by atoms with E-state index >= 15 is 0 Å². The number of hydrogen-bond acceptors (Lipinski definition) is 2. The van der Waals surface area contributed by atoms with Crippen LogP contribution in [0.25, 0.3) is 0 Å². The Bertz CT molecular complexity index is 989. The lowest BCUT2D eigenvalue weighted by Gasteiger charge is -2.59. The first-order valence-corrected chi connectivity index (χ1v) is 11.3. The van der Waals surface area contributed by atoms with Crippen molar-refractivity contribution >= 4 is 5.78 Å². The number of halogens is 1. The monoisotopic (exact) mass is 491 g/mol. The average Bonchev–Trinajstić information content (AvgIpc) is 2.86. The van der Waals surface area contributed by atoms with E-state index in [2.05, 4.69) is 24.3 Å². The topological polar surface area (TPSA) is 37.3 Å². The second kappa shape index (κ2) is 8.93. The van der Waals surface area contributed by atoms with E-state index in [9.17, 15) is 9.90 Å². The molecule has 2 bridgehead atoms. The van der Waals surface area contributed by atoms with Gasteiger partial charge in [0.1, 0.15) is 12.1 Å². The van der Waals surface area contributed by atoms with Crippen LogP contribution in [0.2, 0.25) is 0 Å². The van der Waals surface area contributed by atoms with Crippen LogP contribution < -0.4 is 17.0 Å². The minimum Gasteiger partial charge on any atom is -1.00 e. The van der Waals surface area contributed by atoms with Crippen molar-refractivity contribution in [1.82, 2.24) is 0 Å². The summed E-state index contributed by atoms with van der Waals surface area (Å²) in [5.41, 5.74) is 1.54. The molecule has 0 radical (unpaired) electrons. The summed E-state index contributed by atoms with van der Waals surface area (Å²) in [7, 11) is 0. The highest BCUT2D eigenvalue weighted by molar-refractivity contribution is 5.96. The molecule has 3 saturated heterocycles. The number of rotatable bonds is 6. The normalized spacial score (nSPS) is 24.5. The number of carbonyl (C=O) groups excluding carboxylic acids is 1. The zero-order valence-electron chi connectivity index (χ0n) is 18.3. The molecule has 3 aliphatic rings. The van der Waals surface area contributed by atoms with Gasteiger partial charge in [0.05, 0.1) is 19.6 Å². The van der Waals surface area contributed by atoms with Crippen LogP contribution in [0.15, 0.2) is 91.0 Å². The van der Waals surface area contributed by atoms with Crippen LogP contribution in [-0.2, 0) is 5.60 Å². The lowest BCUT2D eigenvalue weighted by atomic mass is 9.56. The molecule has 1 N–H and O–H groups in total. The molecule has 0 aromatic heterocycles. The van der Waals surface area contributed by atoms with Crippen molar-refractivity contribution in [2.45, 2.75) is 24.9 Å². The van der Waals surface area contributed by atoms with Crippen molar-refractivity contribution in [1.29, 1.82) is 0 Å². The largest absolute Gasteiger partial charge is 1.00 e. The average molecular weight is 492 g/mol. The molecule has 6 rings (SSSR count). The number of fused-ring (bicyclic) bond motifs is 3. The number of benzene rings is 3. The minimum absolute atomic E-state index is 0. The second-order valence-electron chi connectivity index (χ2n) is 9.43. The molecule has 32 heavy (non-hydrogen) atoms. The van der Waals surface area contributed by atoms with E-state index in [1.165, 1.54) is 0 Å². The maximum atomic E-state index is 12.9. The van der Waals surface area contributed by atoms with Crippen molar-refractivity contribution < 1.29 is 31.4 Å². The van der Waals surface area contributed by atoms with Crippen LogP contribution in [-0.4, -0.2) is 41.6 Å². The smallest absolute Gasteiger partial charge is 0.216 e.